The third-order valence-corrected chi connectivity index (χ3v) is 4.95. The van der Waals surface area contributed by atoms with Gasteiger partial charge >= 0.3 is 0 Å². The fraction of sp³-hybridized carbons (Fsp3) is 0.444. The number of ether oxygens (including phenoxy) is 1. The van der Waals surface area contributed by atoms with E-state index in [1.54, 1.807) is 24.1 Å². The van der Waals surface area contributed by atoms with Crippen molar-refractivity contribution in [1.82, 2.24) is 14.7 Å². The second-order valence-electron chi connectivity index (χ2n) is 7.03. The molecule has 5 nitrogen and oxygen atoms in total. The average Bonchev–Trinajstić information content (AvgIpc) is 3.14. The molecule has 0 radical (unpaired) electrons. The molecule has 1 unspecified atom stereocenters. The highest BCUT2D eigenvalue weighted by Gasteiger charge is 2.50. The molecule has 6 heteroatoms. The summed E-state index contributed by atoms with van der Waals surface area (Å²) in [5.41, 5.74) is 1.80. The van der Waals surface area contributed by atoms with Crippen LogP contribution in [-0.2, 0) is 18.2 Å². The Hall–Kier alpha value is -2.21. The largest absolute Gasteiger partial charge is 0.377 e. The normalized spacial score (nSPS) is 21.9. The molecule has 4 rings (SSSR count). The van der Waals surface area contributed by atoms with E-state index in [1.165, 1.54) is 12.1 Å². The van der Waals surface area contributed by atoms with E-state index in [0.717, 1.165) is 31.5 Å². The number of carbonyl (C=O) groups excluding carboxylic acids is 1. The second-order valence-corrected chi connectivity index (χ2v) is 7.03. The van der Waals surface area contributed by atoms with Crippen molar-refractivity contribution in [2.24, 2.45) is 12.5 Å². The number of rotatable bonds is 3. The van der Waals surface area contributed by atoms with E-state index in [0.29, 0.717) is 12.2 Å². The van der Waals surface area contributed by atoms with Gasteiger partial charge in [0.05, 0.1) is 24.5 Å². The maximum absolute atomic E-state index is 13.0. The molecule has 0 saturated carbocycles. The van der Waals surface area contributed by atoms with Gasteiger partial charge in [-0.15, -0.1) is 0 Å². The van der Waals surface area contributed by atoms with Gasteiger partial charge in [-0.05, 0) is 30.5 Å². The summed E-state index contributed by atoms with van der Waals surface area (Å²) in [7, 11) is 1.80. The molecule has 2 aliphatic rings. The van der Waals surface area contributed by atoms with E-state index < -0.39 is 0 Å². The highest BCUT2D eigenvalue weighted by Crippen LogP contribution is 2.42. The van der Waals surface area contributed by atoms with Crippen molar-refractivity contribution in [1.29, 1.82) is 0 Å². The van der Waals surface area contributed by atoms with Crippen LogP contribution in [0.4, 0.5) is 4.39 Å². The van der Waals surface area contributed by atoms with Crippen LogP contribution < -0.4 is 0 Å². The average molecular weight is 329 g/mol. The highest BCUT2D eigenvalue weighted by molar-refractivity contribution is 5.94. The summed E-state index contributed by atoms with van der Waals surface area (Å²) in [6.07, 6.45) is 5.23. The molecule has 2 fully saturated rings. The highest BCUT2D eigenvalue weighted by atomic mass is 19.1. The van der Waals surface area contributed by atoms with Crippen LogP contribution >= 0.6 is 0 Å². The van der Waals surface area contributed by atoms with E-state index in [9.17, 15) is 9.18 Å². The molecule has 24 heavy (non-hydrogen) atoms. The van der Waals surface area contributed by atoms with Gasteiger partial charge in [0.2, 0.25) is 0 Å². The molecule has 3 heterocycles. The van der Waals surface area contributed by atoms with Crippen molar-refractivity contribution in [2.75, 3.05) is 19.7 Å². The lowest BCUT2D eigenvalue weighted by molar-refractivity contribution is -0.00134. The third-order valence-electron chi connectivity index (χ3n) is 4.95. The Kier molecular flexibility index (Phi) is 3.64. The number of carbonyl (C=O) groups is 1. The maximum atomic E-state index is 13.0. The van der Waals surface area contributed by atoms with Crippen molar-refractivity contribution in [3.8, 4) is 0 Å². The number of hydrogen-bond donors (Lipinski definition) is 0. The Morgan fingerprint density at radius 1 is 1.38 bits per heavy atom. The minimum absolute atomic E-state index is 0.0377. The van der Waals surface area contributed by atoms with Gasteiger partial charge in [0, 0.05) is 31.7 Å². The van der Waals surface area contributed by atoms with E-state index in [4.69, 9.17) is 4.74 Å². The summed E-state index contributed by atoms with van der Waals surface area (Å²) < 4.78 is 20.5. The third kappa shape index (κ3) is 2.82. The van der Waals surface area contributed by atoms with Gasteiger partial charge in [-0.2, -0.15) is 5.10 Å². The van der Waals surface area contributed by atoms with Gasteiger partial charge in [0.1, 0.15) is 5.82 Å². The van der Waals surface area contributed by atoms with Crippen LogP contribution in [0.3, 0.4) is 0 Å². The summed E-state index contributed by atoms with van der Waals surface area (Å²) in [6, 6.07) is 6.58. The molecule has 2 aromatic rings. The predicted molar refractivity (Wildman–Crippen MR) is 86.0 cm³/mol. The Morgan fingerprint density at radius 2 is 2.12 bits per heavy atom. The molecule has 1 spiro atoms. The molecule has 0 N–H and O–H groups in total. The van der Waals surface area contributed by atoms with Gasteiger partial charge in [-0.3, -0.25) is 9.48 Å². The monoisotopic (exact) mass is 329 g/mol. The number of hydrogen-bond acceptors (Lipinski definition) is 3. The lowest BCUT2D eigenvalue weighted by Gasteiger charge is -2.47. The number of benzene rings is 1. The minimum Gasteiger partial charge on any atom is -0.377 e. The standard InChI is InChI=1S/C18H20FN3O2/c1-21-9-14(8-20-21)17(23)22-10-18(11-22)7-16(24-12-18)6-13-2-4-15(19)5-3-13/h2-5,8-9,16H,6-7,10-12H2,1H3. The van der Waals surface area contributed by atoms with E-state index in [-0.39, 0.29) is 23.2 Å². The zero-order valence-electron chi connectivity index (χ0n) is 13.6. The van der Waals surface area contributed by atoms with Crippen LogP contribution in [0.25, 0.3) is 0 Å². The maximum Gasteiger partial charge on any atom is 0.257 e. The molecule has 0 aliphatic carbocycles. The summed E-state index contributed by atoms with van der Waals surface area (Å²) in [5, 5.41) is 4.05. The number of aromatic nitrogens is 2. The van der Waals surface area contributed by atoms with E-state index in [2.05, 4.69) is 5.10 Å². The fourth-order valence-electron chi connectivity index (χ4n) is 3.75. The fourth-order valence-corrected chi connectivity index (χ4v) is 3.75. The molecule has 2 saturated heterocycles. The summed E-state index contributed by atoms with van der Waals surface area (Å²) >= 11 is 0. The summed E-state index contributed by atoms with van der Waals surface area (Å²) in [4.78, 5) is 14.2. The molecule has 1 aromatic heterocycles. The van der Waals surface area contributed by atoms with Gasteiger partial charge in [0.25, 0.3) is 5.91 Å². The topological polar surface area (TPSA) is 47.4 Å². The zero-order chi connectivity index (χ0) is 16.7. The first kappa shape index (κ1) is 15.3. The Bertz CT molecular complexity index is 750. The number of aryl methyl sites for hydroxylation is 1. The molecule has 2 aliphatic heterocycles. The summed E-state index contributed by atoms with van der Waals surface area (Å²) in [6.45, 7) is 2.16. The van der Waals surface area contributed by atoms with Crippen molar-refractivity contribution in [2.45, 2.75) is 18.9 Å². The van der Waals surface area contributed by atoms with Crippen LogP contribution in [0.5, 0.6) is 0 Å². The quantitative estimate of drug-likeness (QED) is 0.866. The lowest BCUT2D eigenvalue weighted by Crippen LogP contribution is -2.58. The molecule has 1 amide bonds. The van der Waals surface area contributed by atoms with Crippen LogP contribution in [0.15, 0.2) is 36.7 Å². The first-order valence-electron chi connectivity index (χ1n) is 8.17. The van der Waals surface area contributed by atoms with Crippen LogP contribution in [0.2, 0.25) is 0 Å². The Labute approximate surface area is 140 Å². The Balaban J connectivity index is 1.33. The van der Waals surface area contributed by atoms with Gasteiger partial charge in [0.15, 0.2) is 0 Å². The van der Waals surface area contributed by atoms with E-state index in [1.807, 2.05) is 17.0 Å². The van der Waals surface area contributed by atoms with Crippen molar-refractivity contribution >= 4 is 5.91 Å². The zero-order valence-corrected chi connectivity index (χ0v) is 13.6. The van der Waals surface area contributed by atoms with Crippen LogP contribution in [-0.4, -0.2) is 46.4 Å². The number of halogens is 1. The molecular formula is C18H20FN3O2. The molecule has 126 valence electrons. The van der Waals surface area contributed by atoms with Crippen molar-refractivity contribution in [3.63, 3.8) is 0 Å². The molecular weight excluding hydrogens is 309 g/mol. The van der Waals surface area contributed by atoms with Crippen LogP contribution in [0, 0.1) is 11.2 Å². The smallest absolute Gasteiger partial charge is 0.257 e. The SMILES string of the molecule is Cn1cc(C(=O)N2CC3(COC(Cc4ccc(F)cc4)C3)C2)cn1. The van der Waals surface area contributed by atoms with Gasteiger partial charge in [-0.25, -0.2) is 4.39 Å². The number of nitrogens with zero attached hydrogens (tertiary/aromatic N) is 3. The van der Waals surface area contributed by atoms with E-state index >= 15 is 0 Å². The predicted octanol–water partition coefficient (Wildman–Crippen LogP) is 2.03. The second kappa shape index (κ2) is 5.70. The molecule has 1 aromatic carbocycles. The Morgan fingerprint density at radius 3 is 2.79 bits per heavy atom. The van der Waals surface area contributed by atoms with Crippen molar-refractivity contribution < 1.29 is 13.9 Å². The van der Waals surface area contributed by atoms with Crippen LogP contribution in [0.1, 0.15) is 22.3 Å². The van der Waals surface area contributed by atoms with Gasteiger partial charge < -0.3 is 9.64 Å². The first-order valence-corrected chi connectivity index (χ1v) is 8.17. The van der Waals surface area contributed by atoms with Gasteiger partial charge in [-0.1, -0.05) is 12.1 Å². The summed E-state index contributed by atoms with van der Waals surface area (Å²) in [5.74, 6) is -0.179. The molecule has 0 bridgehead atoms. The first-order chi connectivity index (χ1) is 11.5. The van der Waals surface area contributed by atoms with Crippen molar-refractivity contribution in [3.05, 3.63) is 53.6 Å². The lowest BCUT2D eigenvalue weighted by atomic mass is 9.77. The molecule has 1 atom stereocenters. The minimum atomic E-state index is -0.217. The number of likely N-dealkylation sites (tertiary alicyclic amines) is 1. The number of amides is 1.